The lowest BCUT2D eigenvalue weighted by Crippen LogP contribution is -2.17. The number of benzene rings is 2. The summed E-state index contributed by atoms with van der Waals surface area (Å²) < 4.78 is 40.1. The SMILES string of the molecule is CS(=O)(=O)Nc1ccc(F)cc1C(=O)Nc1cnn(-c2ccccc2Cl)c1. The monoisotopic (exact) mass is 408 g/mol. The number of anilines is 2. The summed E-state index contributed by atoms with van der Waals surface area (Å²) in [6.45, 7) is 0. The summed E-state index contributed by atoms with van der Waals surface area (Å²) >= 11 is 6.11. The summed E-state index contributed by atoms with van der Waals surface area (Å²) in [5, 5.41) is 7.15. The van der Waals surface area contributed by atoms with Crippen LogP contribution in [0.25, 0.3) is 5.69 Å². The molecule has 0 aliphatic carbocycles. The van der Waals surface area contributed by atoms with Crippen LogP contribution >= 0.6 is 11.6 Å². The first-order valence-electron chi connectivity index (χ1n) is 7.61. The summed E-state index contributed by atoms with van der Waals surface area (Å²) in [7, 11) is -3.64. The maximum atomic E-state index is 13.6. The molecule has 2 aromatic carbocycles. The van der Waals surface area contributed by atoms with Crippen molar-refractivity contribution in [3.05, 3.63) is 71.3 Å². The van der Waals surface area contributed by atoms with Crippen LogP contribution in [0.4, 0.5) is 15.8 Å². The van der Waals surface area contributed by atoms with Gasteiger partial charge in [0.2, 0.25) is 10.0 Å². The Hall–Kier alpha value is -2.91. The molecular formula is C17H14ClFN4O3S. The topological polar surface area (TPSA) is 93.1 Å². The number of para-hydroxylation sites is 1. The Morgan fingerprint density at radius 2 is 1.96 bits per heavy atom. The number of amides is 1. The molecule has 3 rings (SSSR count). The van der Waals surface area contributed by atoms with Gasteiger partial charge in [-0.15, -0.1) is 0 Å². The molecule has 0 aliphatic rings. The number of hydrogen-bond donors (Lipinski definition) is 2. The predicted octanol–water partition coefficient (Wildman–Crippen LogP) is 3.29. The van der Waals surface area contributed by atoms with E-state index in [1.165, 1.54) is 23.1 Å². The highest BCUT2D eigenvalue weighted by molar-refractivity contribution is 7.92. The largest absolute Gasteiger partial charge is 0.319 e. The first kappa shape index (κ1) is 18.9. The molecule has 1 heterocycles. The Bertz CT molecular complexity index is 1110. The van der Waals surface area contributed by atoms with Gasteiger partial charge in [-0.3, -0.25) is 9.52 Å². The fraction of sp³-hybridized carbons (Fsp3) is 0.0588. The summed E-state index contributed by atoms with van der Waals surface area (Å²) in [4.78, 5) is 12.5. The van der Waals surface area contributed by atoms with Gasteiger partial charge < -0.3 is 5.32 Å². The minimum atomic E-state index is -3.64. The standard InChI is InChI=1S/C17H14ClFN4O3S/c1-27(25,26)22-15-7-6-11(19)8-13(15)17(24)21-12-9-20-23(10-12)16-5-3-2-4-14(16)18/h2-10,22H,1H3,(H,21,24). The van der Waals surface area contributed by atoms with Crippen LogP contribution in [0.2, 0.25) is 5.02 Å². The van der Waals surface area contributed by atoms with Gasteiger partial charge in [0.25, 0.3) is 5.91 Å². The second kappa shape index (κ2) is 7.37. The van der Waals surface area contributed by atoms with Crippen LogP contribution in [0.3, 0.4) is 0 Å². The second-order valence-corrected chi connectivity index (χ2v) is 7.80. The van der Waals surface area contributed by atoms with E-state index in [0.717, 1.165) is 18.4 Å². The molecule has 0 radical (unpaired) electrons. The van der Waals surface area contributed by atoms with Crippen molar-refractivity contribution in [3.63, 3.8) is 0 Å². The van der Waals surface area contributed by atoms with Gasteiger partial charge >= 0.3 is 0 Å². The van der Waals surface area contributed by atoms with Crippen LogP contribution in [0.1, 0.15) is 10.4 Å². The minimum absolute atomic E-state index is 0.0325. The molecule has 0 spiro atoms. The van der Waals surface area contributed by atoms with Crippen LogP contribution in [0.5, 0.6) is 0 Å². The Labute approximate surface area is 159 Å². The number of rotatable bonds is 5. The van der Waals surface area contributed by atoms with Gasteiger partial charge in [0.15, 0.2) is 0 Å². The molecule has 0 aliphatic heterocycles. The Morgan fingerprint density at radius 1 is 1.22 bits per heavy atom. The maximum absolute atomic E-state index is 13.6. The van der Waals surface area contributed by atoms with Gasteiger partial charge in [0, 0.05) is 0 Å². The molecule has 3 aromatic rings. The van der Waals surface area contributed by atoms with Crippen molar-refractivity contribution in [1.82, 2.24) is 9.78 Å². The van der Waals surface area contributed by atoms with Crippen LogP contribution in [-0.4, -0.2) is 30.4 Å². The Balaban J connectivity index is 1.87. The smallest absolute Gasteiger partial charge is 0.257 e. The number of nitrogens with zero attached hydrogens (tertiary/aromatic N) is 2. The summed E-state index contributed by atoms with van der Waals surface area (Å²) in [6.07, 6.45) is 3.86. The molecule has 2 N–H and O–H groups in total. The molecule has 27 heavy (non-hydrogen) atoms. The molecule has 7 nitrogen and oxygen atoms in total. The molecule has 0 unspecified atom stereocenters. The van der Waals surface area contributed by atoms with Crippen LogP contribution in [0, 0.1) is 5.82 Å². The average Bonchev–Trinajstić information content (AvgIpc) is 3.04. The van der Waals surface area contributed by atoms with Crippen molar-refractivity contribution in [2.45, 2.75) is 0 Å². The van der Waals surface area contributed by atoms with Crippen LogP contribution in [0.15, 0.2) is 54.9 Å². The van der Waals surface area contributed by atoms with Crippen molar-refractivity contribution in [3.8, 4) is 5.69 Å². The molecule has 10 heteroatoms. The van der Waals surface area contributed by atoms with E-state index in [0.29, 0.717) is 16.4 Å². The minimum Gasteiger partial charge on any atom is -0.319 e. The molecule has 0 atom stereocenters. The average molecular weight is 409 g/mol. The van der Waals surface area contributed by atoms with Gasteiger partial charge in [-0.05, 0) is 30.3 Å². The summed E-state index contributed by atoms with van der Waals surface area (Å²) in [5.41, 5.74) is 0.750. The zero-order valence-electron chi connectivity index (χ0n) is 14.0. The molecule has 140 valence electrons. The maximum Gasteiger partial charge on any atom is 0.257 e. The van der Waals surface area contributed by atoms with E-state index >= 15 is 0 Å². The van der Waals surface area contributed by atoms with Gasteiger partial charge in [0.1, 0.15) is 5.82 Å². The van der Waals surface area contributed by atoms with Crippen molar-refractivity contribution in [2.24, 2.45) is 0 Å². The van der Waals surface area contributed by atoms with Crippen LogP contribution in [-0.2, 0) is 10.0 Å². The van der Waals surface area contributed by atoms with Crippen molar-refractivity contribution >= 4 is 38.9 Å². The Morgan fingerprint density at radius 3 is 2.67 bits per heavy atom. The molecule has 1 aromatic heterocycles. The van der Waals surface area contributed by atoms with Gasteiger partial charge in [-0.2, -0.15) is 5.10 Å². The van der Waals surface area contributed by atoms with E-state index in [1.54, 1.807) is 24.3 Å². The van der Waals surface area contributed by atoms with E-state index in [1.807, 2.05) is 0 Å². The predicted molar refractivity (Wildman–Crippen MR) is 101 cm³/mol. The van der Waals surface area contributed by atoms with Crippen molar-refractivity contribution in [1.29, 1.82) is 0 Å². The van der Waals surface area contributed by atoms with Gasteiger partial charge in [0.05, 0.1) is 46.3 Å². The first-order chi connectivity index (χ1) is 12.7. The fourth-order valence-corrected chi connectivity index (χ4v) is 3.15. The van der Waals surface area contributed by atoms with Gasteiger partial charge in [-0.1, -0.05) is 23.7 Å². The van der Waals surface area contributed by atoms with E-state index in [2.05, 4.69) is 15.1 Å². The third-order valence-electron chi connectivity index (χ3n) is 3.46. The van der Waals surface area contributed by atoms with Crippen molar-refractivity contribution in [2.75, 3.05) is 16.3 Å². The third-order valence-corrected chi connectivity index (χ3v) is 4.37. The zero-order chi connectivity index (χ0) is 19.6. The van der Waals surface area contributed by atoms with E-state index in [-0.39, 0.29) is 11.3 Å². The highest BCUT2D eigenvalue weighted by atomic mass is 35.5. The lowest BCUT2D eigenvalue weighted by molar-refractivity contribution is 0.102. The number of nitrogens with one attached hydrogen (secondary N) is 2. The molecule has 0 saturated heterocycles. The number of halogens is 2. The van der Waals surface area contributed by atoms with E-state index < -0.39 is 21.7 Å². The van der Waals surface area contributed by atoms with Crippen LogP contribution < -0.4 is 10.0 Å². The highest BCUT2D eigenvalue weighted by Gasteiger charge is 2.16. The highest BCUT2D eigenvalue weighted by Crippen LogP contribution is 2.22. The Kier molecular flexibility index (Phi) is 5.15. The second-order valence-electron chi connectivity index (χ2n) is 5.64. The van der Waals surface area contributed by atoms with E-state index in [9.17, 15) is 17.6 Å². The number of aromatic nitrogens is 2. The molecule has 1 amide bonds. The normalized spacial score (nSPS) is 11.2. The lowest BCUT2D eigenvalue weighted by atomic mass is 10.1. The number of hydrogen-bond acceptors (Lipinski definition) is 4. The zero-order valence-corrected chi connectivity index (χ0v) is 15.6. The fourth-order valence-electron chi connectivity index (χ4n) is 2.35. The number of sulfonamides is 1. The van der Waals surface area contributed by atoms with Crippen molar-refractivity contribution < 1.29 is 17.6 Å². The molecule has 0 bridgehead atoms. The molecule has 0 fully saturated rings. The number of carbonyl (C=O) groups is 1. The quantitative estimate of drug-likeness (QED) is 0.677. The first-order valence-corrected chi connectivity index (χ1v) is 9.88. The van der Waals surface area contributed by atoms with Gasteiger partial charge in [-0.25, -0.2) is 17.5 Å². The molecular weight excluding hydrogens is 395 g/mol. The lowest BCUT2D eigenvalue weighted by Gasteiger charge is -2.10. The summed E-state index contributed by atoms with van der Waals surface area (Å²) in [6, 6.07) is 10.2. The number of carbonyl (C=O) groups excluding carboxylic acids is 1. The van der Waals surface area contributed by atoms with E-state index in [4.69, 9.17) is 11.6 Å². The molecule has 0 saturated carbocycles. The third kappa shape index (κ3) is 4.63. The summed E-state index contributed by atoms with van der Waals surface area (Å²) in [5.74, 6) is -1.37.